The van der Waals surface area contributed by atoms with Gasteiger partial charge in [-0.3, -0.25) is 4.79 Å². The number of amides is 1. The Morgan fingerprint density at radius 2 is 1.92 bits per heavy atom. The van der Waals surface area contributed by atoms with Crippen molar-refractivity contribution in [2.45, 2.75) is 57.5 Å². The molecular weight excluding hydrogens is 336 g/mol. The minimum absolute atomic E-state index is 0.0236. The average molecular weight is 365 g/mol. The summed E-state index contributed by atoms with van der Waals surface area (Å²) in [4.78, 5) is 14.9. The number of rotatable bonds is 5. The number of carbonyl (C=O) groups excluding carboxylic acids is 1. The van der Waals surface area contributed by atoms with Crippen LogP contribution in [0.2, 0.25) is 0 Å². The van der Waals surface area contributed by atoms with Gasteiger partial charge in [-0.1, -0.05) is 31.4 Å². The van der Waals surface area contributed by atoms with Gasteiger partial charge >= 0.3 is 0 Å². The van der Waals surface area contributed by atoms with Crippen molar-refractivity contribution in [1.82, 2.24) is 4.90 Å². The summed E-state index contributed by atoms with van der Waals surface area (Å²) >= 11 is 0. The lowest BCUT2D eigenvalue weighted by atomic mass is 9.93. The van der Waals surface area contributed by atoms with Crippen LogP contribution in [0.4, 0.5) is 5.69 Å². The van der Waals surface area contributed by atoms with Gasteiger partial charge in [0.05, 0.1) is 18.1 Å². The zero-order valence-corrected chi connectivity index (χ0v) is 15.7. The molecule has 0 spiro atoms. The van der Waals surface area contributed by atoms with Gasteiger partial charge < -0.3 is 10.2 Å². The summed E-state index contributed by atoms with van der Waals surface area (Å²) in [5.41, 5.74) is 2.07. The molecule has 3 rings (SSSR count). The lowest BCUT2D eigenvalue weighted by molar-refractivity contribution is -0.134. The molecule has 0 radical (unpaired) electrons. The summed E-state index contributed by atoms with van der Waals surface area (Å²) in [6, 6.07) is 7.98. The molecule has 1 saturated heterocycles. The molecule has 1 N–H and O–H groups in total. The third-order valence-corrected chi connectivity index (χ3v) is 7.07. The van der Waals surface area contributed by atoms with Gasteiger partial charge in [-0.25, -0.2) is 8.42 Å². The number of aryl methyl sites for hydroxylation is 1. The van der Waals surface area contributed by atoms with Crippen LogP contribution in [0.3, 0.4) is 0 Å². The van der Waals surface area contributed by atoms with Crippen molar-refractivity contribution in [3.05, 3.63) is 29.8 Å². The Hall–Kier alpha value is -1.56. The minimum atomic E-state index is -3.00. The van der Waals surface area contributed by atoms with Gasteiger partial charge in [0.25, 0.3) is 0 Å². The quantitative estimate of drug-likeness (QED) is 0.872. The van der Waals surface area contributed by atoms with E-state index < -0.39 is 9.84 Å². The highest BCUT2D eigenvalue weighted by molar-refractivity contribution is 7.91. The molecule has 2 aliphatic rings. The standard InChI is InChI=1S/C19H28N2O3S/c1-15-6-5-7-16(12-15)20-13-19(22)21(17-8-3-2-4-9-17)18-10-11-25(23,24)14-18/h5-7,12,17-18,20H,2-4,8-11,13-14H2,1H3. The van der Waals surface area contributed by atoms with Crippen molar-refractivity contribution in [2.24, 2.45) is 0 Å². The third kappa shape index (κ3) is 4.75. The number of anilines is 1. The van der Waals surface area contributed by atoms with E-state index in [-0.39, 0.29) is 36.0 Å². The van der Waals surface area contributed by atoms with Gasteiger partial charge in [-0.2, -0.15) is 0 Å². The molecule has 1 heterocycles. The van der Waals surface area contributed by atoms with E-state index in [2.05, 4.69) is 5.32 Å². The van der Waals surface area contributed by atoms with Gasteiger partial charge in [0, 0.05) is 17.8 Å². The Balaban J connectivity index is 1.70. The molecule has 0 aromatic heterocycles. The topological polar surface area (TPSA) is 66.5 Å². The minimum Gasteiger partial charge on any atom is -0.376 e. The second-order valence-electron chi connectivity index (χ2n) is 7.37. The van der Waals surface area contributed by atoms with Crippen molar-refractivity contribution in [1.29, 1.82) is 0 Å². The highest BCUT2D eigenvalue weighted by atomic mass is 32.2. The van der Waals surface area contributed by atoms with E-state index >= 15 is 0 Å². The first-order chi connectivity index (χ1) is 11.9. The number of sulfone groups is 1. The van der Waals surface area contributed by atoms with Gasteiger partial charge in [0.2, 0.25) is 5.91 Å². The molecule has 1 aliphatic carbocycles. The smallest absolute Gasteiger partial charge is 0.242 e. The van der Waals surface area contributed by atoms with Crippen LogP contribution in [0.15, 0.2) is 24.3 Å². The van der Waals surface area contributed by atoms with E-state index in [0.29, 0.717) is 6.42 Å². The number of hydrogen-bond acceptors (Lipinski definition) is 4. The number of nitrogens with zero attached hydrogens (tertiary/aromatic N) is 1. The molecule has 0 bridgehead atoms. The molecule has 1 unspecified atom stereocenters. The van der Waals surface area contributed by atoms with Crippen molar-refractivity contribution in [3.63, 3.8) is 0 Å². The Kier molecular flexibility index (Phi) is 5.67. The van der Waals surface area contributed by atoms with E-state index in [9.17, 15) is 13.2 Å². The highest BCUT2D eigenvalue weighted by Gasteiger charge is 2.38. The molecule has 5 nitrogen and oxygen atoms in total. The number of hydrogen-bond donors (Lipinski definition) is 1. The maximum atomic E-state index is 13.0. The van der Waals surface area contributed by atoms with Crippen LogP contribution in [0.1, 0.15) is 44.1 Å². The Morgan fingerprint density at radius 1 is 1.16 bits per heavy atom. The summed E-state index contributed by atoms with van der Waals surface area (Å²) < 4.78 is 23.8. The zero-order chi connectivity index (χ0) is 17.9. The summed E-state index contributed by atoms with van der Waals surface area (Å²) in [7, 11) is -3.00. The molecule has 1 aliphatic heterocycles. The van der Waals surface area contributed by atoms with Crippen LogP contribution in [0, 0.1) is 6.92 Å². The lowest BCUT2D eigenvalue weighted by Crippen LogP contribution is -2.50. The molecule has 2 fully saturated rings. The van der Waals surface area contributed by atoms with Crippen LogP contribution < -0.4 is 5.32 Å². The van der Waals surface area contributed by atoms with Crippen molar-refractivity contribution < 1.29 is 13.2 Å². The largest absolute Gasteiger partial charge is 0.376 e. The van der Waals surface area contributed by atoms with E-state index in [1.54, 1.807) is 0 Å². The third-order valence-electron chi connectivity index (χ3n) is 5.32. The fourth-order valence-electron chi connectivity index (χ4n) is 4.08. The van der Waals surface area contributed by atoms with Crippen LogP contribution in [-0.2, 0) is 14.6 Å². The molecule has 138 valence electrons. The molecule has 1 aromatic rings. The fourth-order valence-corrected chi connectivity index (χ4v) is 5.79. The molecule has 1 saturated carbocycles. The monoisotopic (exact) mass is 364 g/mol. The van der Waals surface area contributed by atoms with Gasteiger partial charge in [0.15, 0.2) is 9.84 Å². The van der Waals surface area contributed by atoms with Crippen LogP contribution in [-0.4, -0.2) is 49.4 Å². The fraction of sp³-hybridized carbons (Fsp3) is 0.632. The summed E-state index contributed by atoms with van der Waals surface area (Å²) in [6.07, 6.45) is 6.02. The highest BCUT2D eigenvalue weighted by Crippen LogP contribution is 2.28. The first-order valence-corrected chi connectivity index (χ1v) is 11.1. The molecule has 1 aromatic carbocycles. The average Bonchev–Trinajstić information content (AvgIpc) is 2.94. The molecular formula is C19H28N2O3S. The van der Waals surface area contributed by atoms with E-state index in [1.165, 1.54) is 6.42 Å². The molecule has 6 heteroatoms. The van der Waals surface area contributed by atoms with Gasteiger partial charge in [-0.15, -0.1) is 0 Å². The summed E-state index contributed by atoms with van der Waals surface area (Å²) in [6.45, 7) is 2.24. The molecule has 25 heavy (non-hydrogen) atoms. The Bertz CT molecular complexity index is 711. The summed E-state index contributed by atoms with van der Waals surface area (Å²) in [5, 5.41) is 3.21. The number of nitrogens with one attached hydrogen (secondary N) is 1. The van der Waals surface area contributed by atoms with Gasteiger partial charge in [0.1, 0.15) is 0 Å². The normalized spacial score (nSPS) is 23.3. The summed E-state index contributed by atoms with van der Waals surface area (Å²) in [5.74, 6) is 0.356. The predicted molar refractivity (Wildman–Crippen MR) is 100 cm³/mol. The first kappa shape index (κ1) is 18.2. The van der Waals surface area contributed by atoms with Gasteiger partial charge in [-0.05, 0) is 43.9 Å². The Labute approximate surface area is 150 Å². The van der Waals surface area contributed by atoms with Crippen LogP contribution in [0.5, 0.6) is 0 Å². The zero-order valence-electron chi connectivity index (χ0n) is 14.9. The predicted octanol–water partition coefficient (Wildman–Crippen LogP) is 2.76. The van der Waals surface area contributed by atoms with Crippen LogP contribution >= 0.6 is 0 Å². The number of carbonyl (C=O) groups is 1. The van der Waals surface area contributed by atoms with E-state index in [1.807, 2.05) is 36.1 Å². The first-order valence-electron chi connectivity index (χ1n) is 9.27. The number of benzene rings is 1. The lowest BCUT2D eigenvalue weighted by Gasteiger charge is -2.38. The second kappa shape index (κ2) is 7.77. The van der Waals surface area contributed by atoms with E-state index in [0.717, 1.165) is 36.9 Å². The maximum Gasteiger partial charge on any atom is 0.242 e. The Morgan fingerprint density at radius 3 is 2.56 bits per heavy atom. The van der Waals surface area contributed by atoms with Crippen molar-refractivity contribution in [2.75, 3.05) is 23.4 Å². The molecule has 1 amide bonds. The van der Waals surface area contributed by atoms with Crippen LogP contribution in [0.25, 0.3) is 0 Å². The van der Waals surface area contributed by atoms with Crippen molar-refractivity contribution in [3.8, 4) is 0 Å². The second-order valence-corrected chi connectivity index (χ2v) is 9.60. The maximum absolute atomic E-state index is 13.0. The van der Waals surface area contributed by atoms with E-state index in [4.69, 9.17) is 0 Å². The SMILES string of the molecule is Cc1cccc(NCC(=O)N(C2CCCCC2)C2CCS(=O)(=O)C2)c1. The van der Waals surface area contributed by atoms with Crippen molar-refractivity contribution >= 4 is 21.4 Å². The molecule has 1 atom stereocenters.